The Morgan fingerprint density at radius 3 is 2.39 bits per heavy atom. The standard InChI is InChI=1S/C14H22F2N2/c1-5-10(9-17-2)14(18(3)4)12-7-6-11(15)8-13(12)16/h6-8,10,14,17H,5,9H2,1-4H3. The summed E-state index contributed by atoms with van der Waals surface area (Å²) in [7, 11) is 5.73. The molecule has 4 heteroatoms. The van der Waals surface area contributed by atoms with Gasteiger partial charge in [-0.25, -0.2) is 8.78 Å². The van der Waals surface area contributed by atoms with Gasteiger partial charge in [0, 0.05) is 17.7 Å². The third-order valence-corrected chi connectivity index (χ3v) is 3.27. The van der Waals surface area contributed by atoms with Gasteiger partial charge in [-0.05, 0) is 39.7 Å². The number of hydrogen-bond donors (Lipinski definition) is 1. The van der Waals surface area contributed by atoms with Crippen LogP contribution in [0.1, 0.15) is 24.9 Å². The molecule has 1 N–H and O–H groups in total. The molecule has 18 heavy (non-hydrogen) atoms. The van der Waals surface area contributed by atoms with Crippen molar-refractivity contribution < 1.29 is 8.78 Å². The van der Waals surface area contributed by atoms with Gasteiger partial charge in [-0.1, -0.05) is 19.4 Å². The maximum absolute atomic E-state index is 13.9. The molecule has 0 spiro atoms. The quantitative estimate of drug-likeness (QED) is 0.842. The molecule has 0 bridgehead atoms. The lowest BCUT2D eigenvalue weighted by atomic mass is 9.89. The van der Waals surface area contributed by atoms with Gasteiger partial charge in [0.2, 0.25) is 0 Å². The van der Waals surface area contributed by atoms with Crippen LogP contribution in [0, 0.1) is 17.6 Å². The molecule has 0 aliphatic carbocycles. The Labute approximate surface area is 108 Å². The van der Waals surface area contributed by atoms with Crippen LogP contribution in [0.5, 0.6) is 0 Å². The molecule has 0 heterocycles. The summed E-state index contributed by atoms with van der Waals surface area (Å²) >= 11 is 0. The van der Waals surface area contributed by atoms with Gasteiger partial charge in [0.05, 0.1) is 0 Å². The topological polar surface area (TPSA) is 15.3 Å². The minimum atomic E-state index is -0.532. The van der Waals surface area contributed by atoms with Crippen molar-refractivity contribution in [2.75, 3.05) is 27.7 Å². The van der Waals surface area contributed by atoms with Crippen LogP contribution in [0.15, 0.2) is 18.2 Å². The fourth-order valence-corrected chi connectivity index (χ4v) is 2.44. The highest BCUT2D eigenvalue weighted by molar-refractivity contribution is 5.23. The van der Waals surface area contributed by atoms with E-state index in [0.717, 1.165) is 19.0 Å². The fourth-order valence-electron chi connectivity index (χ4n) is 2.44. The van der Waals surface area contributed by atoms with E-state index < -0.39 is 11.6 Å². The fraction of sp³-hybridized carbons (Fsp3) is 0.571. The Morgan fingerprint density at radius 2 is 1.94 bits per heavy atom. The molecule has 0 amide bonds. The van der Waals surface area contributed by atoms with Crippen LogP contribution < -0.4 is 5.32 Å². The monoisotopic (exact) mass is 256 g/mol. The van der Waals surface area contributed by atoms with Crippen molar-refractivity contribution in [3.05, 3.63) is 35.4 Å². The Bertz CT molecular complexity index is 380. The Balaban J connectivity index is 3.10. The van der Waals surface area contributed by atoms with Crippen LogP contribution in [0.4, 0.5) is 8.78 Å². The molecule has 1 aromatic carbocycles. The maximum Gasteiger partial charge on any atom is 0.130 e. The molecule has 102 valence electrons. The van der Waals surface area contributed by atoms with Crippen LogP contribution in [0.25, 0.3) is 0 Å². The van der Waals surface area contributed by atoms with E-state index in [4.69, 9.17) is 0 Å². The third kappa shape index (κ3) is 3.50. The van der Waals surface area contributed by atoms with Crippen molar-refractivity contribution in [1.82, 2.24) is 10.2 Å². The van der Waals surface area contributed by atoms with E-state index in [1.165, 1.54) is 6.07 Å². The van der Waals surface area contributed by atoms with Gasteiger partial charge in [0.1, 0.15) is 11.6 Å². The summed E-state index contributed by atoms with van der Waals surface area (Å²) in [6, 6.07) is 3.77. The van der Waals surface area contributed by atoms with Crippen LogP contribution in [-0.4, -0.2) is 32.6 Å². The first kappa shape index (κ1) is 15.1. The van der Waals surface area contributed by atoms with Crippen LogP contribution in [0.2, 0.25) is 0 Å². The van der Waals surface area contributed by atoms with Gasteiger partial charge in [0.25, 0.3) is 0 Å². The van der Waals surface area contributed by atoms with E-state index in [9.17, 15) is 8.78 Å². The molecule has 0 aliphatic rings. The lowest BCUT2D eigenvalue weighted by Gasteiger charge is -2.32. The molecule has 0 saturated carbocycles. The summed E-state index contributed by atoms with van der Waals surface area (Å²) in [6.07, 6.45) is 0.931. The highest BCUT2D eigenvalue weighted by Crippen LogP contribution is 2.30. The molecular weight excluding hydrogens is 234 g/mol. The SMILES string of the molecule is CCC(CNC)C(c1ccc(F)cc1F)N(C)C. The first-order valence-corrected chi connectivity index (χ1v) is 6.27. The zero-order valence-electron chi connectivity index (χ0n) is 11.5. The molecular formula is C14H22F2N2. The van der Waals surface area contributed by atoms with Gasteiger partial charge in [-0.2, -0.15) is 0 Å². The summed E-state index contributed by atoms with van der Waals surface area (Å²) in [5, 5.41) is 3.13. The van der Waals surface area contributed by atoms with Crippen LogP contribution >= 0.6 is 0 Å². The normalized spacial score (nSPS) is 14.8. The van der Waals surface area contributed by atoms with Gasteiger partial charge < -0.3 is 10.2 Å². The first-order valence-electron chi connectivity index (χ1n) is 6.27. The van der Waals surface area contributed by atoms with E-state index in [0.29, 0.717) is 5.56 Å². The summed E-state index contributed by atoms with van der Waals surface area (Å²) in [5.74, 6) is -0.719. The van der Waals surface area contributed by atoms with E-state index >= 15 is 0 Å². The average molecular weight is 256 g/mol. The molecule has 0 aromatic heterocycles. The second-order valence-corrected chi connectivity index (χ2v) is 4.80. The van der Waals surface area contributed by atoms with Crippen molar-refractivity contribution in [2.24, 2.45) is 5.92 Å². The molecule has 2 unspecified atom stereocenters. The Morgan fingerprint density at radius 1 is 1.28 bits per heavy atom. The molecule has 1 aromatic rings. The van der Waals surface area contributed by atoms with E-state index in [1.54, 1.807) is 6.07 Å². The van der Waals surface area contributed by atoms with Gasteiger partial charge >= 0.3 is 0 Å². The van der Waals surface area contributed by atoms with E-state index in [2.05, 4.69) is 12.2 Å². The number of nitrogens with zero attached hydrogens (tertiary/aromatic N) is 1. The predicted octanol–water partition coefficient (Wildman–Crippen LogP) is 2.81. The molecule has 0 aliphatic heterocycles. The number of halogens is 2. The van der Waals surface area contributed by atoms with Crippen molar-refractivity contribution >= 4 is 0 Å². The molecule has 2 atom stereocenters. The molecule has 2 nitrogen and oxygen atoms in total. The van der Waals surface area contributed by atoms with Crippen molar-refractivity contribution in [3.63, 3.8) is 0 Å². The molecule has 0 radical (unpaired) electrons. The zero-order valence-corrected chi connectivity index (χ0v) is 11.5. The minimum Gasteiger partial charge on any atom is -0.319 e. The summed E-state index contributed by atoms with van der Waals surface area (Å²) in [6.45, 7) is 2.89. The number of rotatable bonds is 6. The number of nitrogens with one attached hydrogen (secondary N) is 1. The average Bonchev–Trinajstić information content (AvgIpc) is 2.30. The second kappa shape index (κ2) is 6.81. The van der Waals surface area contributed by atoms with Crippen molar-refractivity contribution in [2.45, 2.75) is 19.4 Å². The molecule has 0 saturated heterocycles. The van der Waals surface area contributed by atoms with Gasteiger partial charge in [-0.15, -0.1) is 0 Å². The van der Waals surface area contributed by atoms with E-state index in [-0.39, 0.29) is 12.0 Å². The Kier molecular flexibility index (Phi) is 5.69. The highest BCUT2D eigenvalue weighted by Gasteiger charge is 2.26. The number of benzene rings is 1. The minimum absolute atomic E-state index is 0.0527. The van der Waals surface area contributed by atoms with Crippen molar-refractivity contribution in [1.29, 1.82) is 0 Å². The lowest BCUT2D eigenvalue weighted by Crippen LogP contribution is -2.33. The smallest absolute Gasteiger partial charge is 0.130 e. The zero-order chi connectivity index (χ0) is 13.7. The Hall–Kier alpha value is -1.00. The van der Waals surface area contributed by atoms with Gasteiger partial charge in [0.15, 0.2) is 0 Å². The molecule has 1 rings (SSSR count). The summed E-state index contributed by atoms with van der Waals surface area (Å²) < 4.78 is 26.9. The first-order chi connectivity index (χ1) is 8.51. The largest absolute Gasteiger partial charge is 0.319 e. The van der Waals surface area contributed by atoms with Crippen LogP contribution in [-0.2, 0) is 0 Å². The van der Waals surface area contributed by atoms with E-state index in [1.807, 2.05) is 26.0 Å². The predicted molar refractivity (Wildman–Crippen MR) is 70.5 cm³/mol. The van der Waals surface area contributed by atoms with Gasteiger partial charge in [-0.3, -0.25) is 0 Å². The molecule has 0 fully saturated rings. The number of hydrogen-bond acceptors (Lipinski definition) is 2. The van der Waals surface area contributed by atoms with Crippen molar-refractivity contribution in [3.8, 4) is 0 Å². The summed E-state index contributed by atoms with van der Waals surface area (Å²) in [5.41, 5.74) is 0.559. The highest BCUT2D eigenvalue weighted by atomic mass is 19.1. The third-order valence-electron chi connectivity index (χ3n) is 3.27. The van der Waals surface area contributed by atoms with Crippen LogP contribution in [0.3, 0.4) is 0 Å². The summed E-state index contributed by atoms with van der Waals surface area (Å²) in [4.78, 5) is 1.99. The second-order valence-electron chi connectivity index (χ2n) is 4.80. The maximum atomic E-state index is 13.9. The lowest BCUT2D eigenvalue weighted by molar-refractivity contribution is 0.199.